The van der Waals surface area contributed by atoms with Crippen LogP contribution >= 0.6 is 11.3 Å². The van der Waals surface area contributed by atoms with E-state index in [1.165, 1.54) is 24.4 Å². The molecule has 0 aromatic carbocycles. The molecule has 3 nitrogen and oxygen atoms in total. The van der Waals surface area contributed by atoms with E-state index in [-0.39, 0.29) is 0 Å². The standard InChI is InChI=1S/C12H21N3S/c1-3-8-15(11-4-6-13-7-5-11)12-14-10(2)9-16-12/h9,11,13H,3-8H2,1-2H3. The molecule has 4 heteroatoms. The van der Waals surface area contributed by atoms with Gasteiger partial charge in [-0.3, -0.25) is 0 Å². The number of piperidine rings is 1. The third-order valence-electron chi connectivity index (χ3n) is 3.07. The van der Waals surface area contributed by atoms with E-state index in [0.29, 0.717) is 6.04 Å². The Morgan fingerprint density at radius 3 is 2.81 bits per heavy atom. The van der Waals surface area contributed by atoms with Crippen molar-refractivity contribution < 1.29 is 0 Å². The van der Waals surface area contributed by atoms with Gasteiger partial charge in [-0.15, -0.1) is 11.3 Å². The van der Waals surface area contributed by atoms with Gasteiger partial charge < -0.3 is 10.2 Å². The van der Waals surface area contributed by atoms with Gasteiger partial charge in [0.1, 0.15) is 0 Å². The predicted octanol–water partition coefficient (Wildman–Crippen LogP) is 2.42. The van der Waals surface area contributed by atoms with Gasteiger partial charge in [-0.25, -0.2) is 4.98 Å². The molecule has 0 radical (unpaired) electrons. The van der Waals surface area contributed by atoms with Gasteiger partial charge in [0, 0.05) is 18.0 Å². The van der Waals surface area contributed by atoms with Gasteiger partial charge in [0.25, 0.3) is 0 Å². The summed E-state index contributed by atoms with van der Waals surface area (Å²) in [6.07, 6.45) is 3.69. The topological polar surface area (TPSA) is 28.2 Å². The number of aromatic nitrogens is 1. The molecule has 0 atom stereocenters. The molecule has 1 fully saturated rings. The molecule has 0 aliphatic carbocycles. The maximum atomic E-state index is 4.63. The van der Waals surface area contributed by atoms with Gasteiger partial charge in [0.2, 0.25) is 0 Å². The van der Waals surface area contributed by atoms with Gasteiger partial charge >= 0.3 is 0 Å². The fraction of sp³-hybridized carbons (Fsp3) is 0.750. The first kappa shape index (κ1) is 11.9. The highest BCUT2D eigenvalue weighted by atomic mass is 32.1. The zero-order valence-corrected chi connectivity index (χ0v) is 11.0. The molecule has 2 rings (SSSR count). The smallest absolute Gasteiger partial charge is 0.185 e. The number of rotatable bonds is 4. The highest BCUT2D eigenvalue weighted by molar-refractivity contribution is 7.13. The normalized spacial score (nSPS) is 17.6. The fourth-order valence-corrected chi connectivity index (χ4v) is 3.17. The number of hydrogen-bond donors (Lipinski definition) is 1. The first-order valence-electron chi connectivity index (χ1n) is 6.20. The SMILES string of the molecule is CCCN(c1nc(C)cs1)C1CCNCC1. The number of aryl methyl sites for hydroxylation is 1. The minimum Gasteiger partial charge on any atom is -0.345 e. The van der Waals surface area contributed by atoms with E-state index >= 15 is 0 Å². The number of thiazole rings is 1. The molecule has 1 saturated heterocycles. The second-order valence-electron chi connectivity index (χ2n) is 4.45. The lowest BCUT2D eigenvalue weighted by Gasteiger charge is -2.34. The van der Waals surface area contributed by atoms with Crippen molar-refractivity contribution in [3.05, 3.63) is 11.1 Å². The maximum Gasteiger partial charge on any atom is 0.185 e. The lowest BCUT2D eigenvalue weighted by Crippen LogP contribution is -2.43. The molecule has 0 amide bonds. The van der Waals surface area contributed by atoms with Gasteiger partial charge in [0.15, 0.2) is 5.13 Å². The zero-order valence-electron chi connectivity index (χ0n) is 10.2. The highest BCUT2D eigenvalue weighted by Crippen LogP contribution is 2.25. The average Bonchev–Trinajstić information content (AvgIpc) is 2.74. The molecule has 1 aromatic heterocycles. The summed E-state index contributed by atoms with van der Waals surface area (Å²) in [5, 5.41) is 6.79. The van der Waals surface area contributed by atoms with Gasteiger partial charge in [-0.2, -0.15) is 0 Å². The monoisotopic (exact) mass is 239 g/mol. The first-order valence-corrected chi connectivity index (χ1v) is 7.08. The Morgan fingerprint density at radius 2 is 2.25 bits per heavy atom. The van der Waals surface area contributed by atoms with E-state index in [4.69, 9.17) is 0 Å². The van der Waals surface area contributed by atoms with Crippen LogP contribution in [0.25, 0.3) is 0 Å². The molecule has 2 heterocycles. The molecule has 90 valence electrons. The molecular weight excluding hydrogens is 218 g/mol. The number of hydrogen-bond acceptors (Lipinski definition) is 4. The van der Waals surface area contributed by atoms with Crippen LogP contribution in [-0.2, 0) is 0 Å². The third kappa shape index (κ3) is 2.74. The Kier molecular flexibility index (Phi) is 4.18. The maximum absolute atomic E-state index is 4.63. The van der Waals surface area contributed by atoms with E-state index in [2.05, 4.69) is 34.4 Å². The Morgan fingerprint density at radius 1 is 1.50 bits per heavy atom. The van der Waals surface area contributed by atoms with Crippen molar-refractivity contribution in [3.63, 3.8) is 0 Å². The fourth-order valence-electron chi connectivity index (χ4n) is 2.27. The average molecular weight is 239 g/mol. The summed E-state index contributed by atoms with van der Waals surface area (Å²) in [6, 6.07) is 0.687. The number of anilines is 1. The molecule has 1 aromatic rings. The minimum absolute atomic E-state index is 0.687. The summed E-state index contributed by atoms with van der Waals surface area (Å²) < 4.78 is 0. The Labute approximate surface area is 102 Å². The van der Waals surface area contributed by atoms with Crippen LogP contribution in [0, 0.1) is 6.92 Å². The molecule has 1 N–H and O–H groups in total. The van der Waals surface area contributed by atoms with Crippen molar-refractivity contribution in [1.82, 2.24) is 10.3 Å². The van der Waals surface area contributed by atoms with Crippen LogP contribution in [0.3, 0.4) is 0 Å². The second-order valence-corrected chi connectivity index (χ2v) is 5.28. The summed E-state index contributed by atoms with van der Waals surface area (Å²) in [7, 11) is 0. The zero-order chi connectivity index (χ0) is 11.4. The van der Waals surface area contributed by atoms with Crippen molar-refractivity contribution in [3.8, 4) is 0 Å². The first-order chi connectivity index (χ1) is 7.81. The summed E-state index contributed by atoms with van der Waals surface area (Å²) in [4.78, 5) is 7.14. The van der Waals surface area contributed by atoms with E-state index in [1.54, 1.807) is 11.3 Å². The van der Waals surface area contributed by atoms with Crippen LogP contribution in [0.2, 0.25) is 0 Å². The van der Waals surface area contributed by atoms with Crippen molar-refractivity contribution in [2.24, 2.45) is 0 Å². The number of nitrogens with zero attached hydrogens (tertiary/aromatic N) is 2. The number of nitrogens with one attached hydrogen (secondary N) is 1. The summed E-state index contributed by atoms with van der Waals surface area (Å²) in [5.74, 6) is 0. The quantitative estimate of drug-likeness (QED) is 0.874. The lowest BCUT2D eigenvalue weighted by atomic mass is 10.1. The summed E-state index contributed by atoms with van der Waals surface area (Å²) >= 11 is 1.79. The molecule has 1 aliphatic heterocycles. The van der Waals surface area contributed by atoms with Crippen molar-refractivity contribution in [1.29, 1.82) is 0 Å². The molecule has 0 saturated carbocycles. The van der Waals surface area contributed by atoms with Gasteiger partial charge in [-0.1, -0.05) is 6.92 Å². The van der Waals surface area contributed by atoms with Crippen LogP contribution in [-0.4, -0.2) is 30.7 Å². The molecule has 0 unspecified atom stereocenters. The van der Waals surface area contributed by atoms with Crippen molar-refractivity contribution in [2.45, 2.75) is 39.2 Å². The lowest BCUT2D eigenvalue weighted by molar-refractivity contribution is 0.428. The molecule has 0 bridgehead atoms. The summed E-state index contributed by atoms with van der Waals surface area (Å²) in [5.41, 5.74) is 1.15. The second kappa shape index (κ2) is 5.64. The molecular formula is C12H21N3S. The van der Waals surface area contributed by atoms with E-state index in [0.717, 1.165) is 25.3 Å². The van der Waals surface area contributed by atoms with E-state index in [1.807, 2.05) is 0 Å². The predicted molar refractivity (Wildman–Crippen MR) is 70.4 cm³/mol. The Bertz CT molecular complexity index is 318. The van der Waals surface area contributed by atoms with Gasteiger partial charge in [-0.05, 0) is 39.3 Å². The largest absolute Gasteiger partial charge is 0.345 e. The molecule has 16 heavy (non-hydrogen) atoms. The van der Waals surface area contributed by atoms with Crippen LogP contribution in [0.15, 0.2) is 5.38 Å². The van der Waals surface area contributed by atoms with E-state index in [9.17, 15) is 0 Å². The highest BCUT2D eigenvalue weighted by Gasteiger charge is 2.22. The van der Waals surface area contributed by atoms with Crippen LogP contribution in [0.5, 0.6) is 0 Å². The van der Waals surface area contributed by atoms with Crippen LogP contribution in [0.4, 0.5) is 5.13 Å². The van der Waals surface area contributed by atoms with Crippen LogP contribution in [0.1, 0.15) is 31.9 Å². The van der Waals surface area contributed by atoms with Crippen LogP contribution < -0.4 is 10.2 Å². The Hall–Kier alpha value is -0.610. The van der Waals surface area contributed by atoms with E-state index < -0.39 is 0 Å². The molecule has 1 aliphatic rings. The van der Waals surface area contributed by atoms with Crippen molar-refractivity contribution in [2.75, 3.05) is 24.5 Å². The van der Waals surface area contributed by atoms with Gasteiger partial charge in [0.05, 0.1) is 5.69 Å². The van der Waals surface area contributed by atoms with Crippen molar-refractivity contribution >= 4 is 16.5 Å². The Balaban J connectivity index is 2.09. The minimum atomic E-state index is 0.687. The third-order valence-corrected chi connectivity index (χ3v) is 4.06. The molecule has 0 spiro atoms. The summed E-state index contributed by atoms with van der Waals surface area (Å²) in [6.45, 7) is 7.75.